The lowest BCUT2D eigenvalue weighted by atomic mass is 9.98. The molecular formula is C20H17F4N3O3S. The standard InChI is InChI=1S/C20H17F4N3O3S/c21-16-5-7-17(8-6-16)31(28,29)27-11-9-14(10-12-27)19-25-18(26-30-19)13-1-3-15(4-2-13)20(22,23)24/h1-8,14H,9-12H2. The molecule has 0 amide bonds. The number of sulfonamides is 1. The normalized spacial score (nSPS) is 16.5. The van der Waals surface area contributed by atoms with E-state index in [4.69, 9.17) is 4.52 Å². The molecule has 0 saturated carbocycles. The molecule has 31 heavy (non-hydrogen) atoms. The van der Waals surface area contributed by atoms with Crippen LogP contribution in [0.3, 0.4) is 0 Å². The van der Waals surface area contributed by atoms with Crippen LogP contribution >= 0.6 is 0 Å². The molecule has 0 N–H and O–H groups in total. The molecule has 1 aliphatic rings. The number of alkyl halides is 3. The Balaban J connectivity index is 1.43. The zero-order valence-electron chi connectivity index (χ0n) is 16.0. The van der Waals surface area contributed by atoms with Gasteiger partial charge in [-0.25, -0.2) is 12.8 Å². The summed E-state index contributed by atoms with van der Waals surface area (Å²) >= 11 is 0. The highest BCUT2D eigenvalue weighted by atomic mass is 32.2. The fourth-order valence-electron chi connectivity index (χ4n) is 3.43. The fourth-order valence-corrected chi connectivity index (χ4v) is 4.90. The first kappa shape index (κ1) is 21.4. The van der Waals surface area contributed by atoms with Crippen LogP contribution in [-0.2, 0) is 16.2 Å². The monoisotopic (exact) mass is 455 g/mol. The molecule has 3 aromatic rings. The molecule has 6 nitrogen and oxygen atoms in total. The van der Waals surface area contributed by atoms with Gasteiger partial charge in [0.05, 0.1) is 10.5 Å². The third kappa shape index (κ3) is 4.47. The maximum Gasteiger partial charge on any atom is 0.416 e. The van der Waals surface area contributed by atoms with Crippen molar-refractivity contribution < 1.29 is 30.5 Å². The van der Waals surface area contributed by atoms with Crippen molar-refractivity contribution in [2.45, 2.75) is 29.8 Å². The molecule has 0 bridgehead atoms. The average molecular weight is 455 g/mol. The number of halogens is 4. The quantitative estimate of drug-likeness (QED) is 0.543. The summed E-state index contributed by atoms with van der Waals surface area (Å²) in [6.07, 6.45) is -3.55. The van der Waals surface area contributed by atoms with Crippen molar-refractivity contribution in [1.29, 1.82) is 0 Å². The van der Waals surface area contributed by atoms with E-state index in [1.54, 1.807) is 0 Å². The van der Waals surface area contributed by atoms with Gasteiger partial charge in [0, 0.05) is 24.6 Å². The van der Waals surface area contributed by atoms with Crippen LogP contribution in [0.5, 0.6) is 0 Å². The predicted molar refractivity (Wildman–Crippen MR) is 102 cm³/mol. The highest BCUT2D eigenvalue weighted by molar-refractivity contribution is 7.89. The van der Waals surface area contributed by atoms with Crippen LogP contribution in [0, 0.1) is 5.82 Å². The first-order valence-corrected chi connectivity index (χ1v) is 10.9. The van der Waals surface area contributed by atoms with Gasteiger partial charge in [-0.05, 0) is 49.2 Å². The molecule has 2 aromatic carbocycles. The van der Waals surface area contributed by atoms with Gasteiger partial charge in [0.2, 0.25) is 21.7 Å². The van der Waals surface area contributed by atoms with Crippen molar-refractivity contribution in [3.05, 3.63) is 65.8 Å². The summed E-state index contributed by atoms with van der Waals surface area (Å²) in [7, 11) is -3.73. The molecule has 1 aromatic heterocycles. The Labute approximate surface area is 175 Å². The summed E-state index contributed by atoms with van der Waals surface area (Å²) in [4.78, 5) is 4.31. The SMILES string of the molecule is O=S(=O)(c1ccc(F)cc1)N1CCC(c2nc(-c3ccc(C(F)(F)F)cc3)no2)CC1. The number of hydrogen-bond acceptors (Lipinski definition) is 5. The molecule has 0 radical (unpaired) electrons. The lowest BCUT2D eigenvalue weighted by molar-refractivity contribution is -0.137. The summed E-state index contributed by atoms with van der Waals surface area (Å²) in [6.45, 7) is 0.449. The highest BCUT2D eigenvalue weighted by Gasteiger charge is 2.33. The molecule has 164 valence electrons. The molecule has 1 fully saturated rings. The van der Waals surface area contributed by atoms with Gasteiger partial charge < -0.3 is 4.52 Å². The van der Waals surface area contributed by atoms with E-state index in [1.165, 1.54) is 28.6 Å². The number of nitrogens with zero attached hydrogens (tertiary/aromatic N) is 3. The van der Waals surface area contributed by atoms with E-state index >= 15 is 0 Å². The Morgan fingerprint density at radius 3 is 2.16 bits per heavy atom. The topological polar surface area (TPSA) is 76.3 Å². The van der Waals surface area contributed by atoms with E-state index in [-0.39, 0.29) is 29.7 Å². The van der Waals surface area contributed by atoms with Gasteiger partial charge in [0.15, 0.2) is 0 Å². The Morgan fingerprint density at radius 1 is 0.968 bits per heavy atom. The minimum absolute atomic E-state index is 0.0229. The second-order valence-corrected chi connectivity index (χ2v) is 9.10. The van der Waals surface area contributed by atoms with Crippen LogP contribution in [0.15, 0.2) is 57.9 Å². The number of rotatable bonds is 4. The molecule has 1 saturated heterocycles. The van der Waals surface area contributed by atoms with Gasteiger partial charge >= 0.3 is 6.18 Å². The van der Waals surface area contributed by atoms with Crippen molar-refractivity contribution in [3.63, 3.8) is 0 Å². The zero-order chi connectivity index (χ0) is 22.2. The van der Waals surface area contributed by atoms with Gasteiger partial charge in [0.25, 0.3) is 0 Å². The summed E-state index contributed by atoms with van der Waals surface area (Å²) in [5.74, 6) is -0.202. The Morgan fingerprint density at radius 2 is 1.58 bits per heavy atom. The maximum atomic E-state index is 13.1. The predicted octanol–water partition coefficient (Wildman–Crippen LogP) is 4.46. The summed E-state index contributed by atoms with van der Waals surface area (Å²) in [5, 5.41) is 3.84. The first-order chi connectivity index (χ1) is 14.6. The lowest BCUT2D eigenvalue weighted by Crippen LogP contribution is -2.37. The average Bonchev–Trinajstić information content (AvgIpc) is 3.24. The maximum absolute atomic E-state index is 13.1. The van der Waals surface area contributed by atoms with E-state index in [0.29, 0.717) is 24.3 Å². The number of piperidine rings is 1. The molecule has 11 heteroatoms. The summed E-state index contributed by atoms with van der Waals surface area (Å²) in [6, 6.07) is 9.09. The zero-order valence-corrected chi connectivity index (χ0v) is 16.8. The van der Waals surface area contributed by atoms with E-state index in [0.717, 1.165) is 24.3 Å². The number of hydrogen-bond donors (Lipinski definition) is 0. The summed E-state index contributed by atoms with van der Waals surface area (Å²) < 4.78 is 83.2. The highest BCUT2D eigenvalue weighted by Crippen LogP contribution is 2.33. The van der Waals surface area contributed by atoms with Crippen LogP contribution in [0.2, 0.25) is 0 Å². The van der Waals surface area contributed by atoms with Crippen LogP contribution in [-0.4, -0.2) is 36.0 Å². The Hall–Kier alpha value is -2.79. The van der Waals surface area contributed by atoms with E-state index in [1.807, 2.05) is 0 Å². The van der Waals surface area contributed by atoms with E-state index in [9.17, 15) is 26.0 Å². The van der Waals surface area contributed by atoms with Crippen LogP contribution in [0.4, 0.5) is 17.6 Å². The van der Waals surface area contributed by atoms with Crippen molar-refractivity contribution in [3.8, 4) is 11.4 Å². The molecule has 0 spiro atoms. The third-order valence-corrected chi connectivity index (χ3v) is 7.08. The van der Waals surface area contributed by atoms with Crippen LogP contribution in [0.25, 0.3) is 11.4 Å². The van der Waals surface area contributed by atoms with Gasteiger partial charge in [-0.15, -0.1) is 0 Å². The smallest absolute Gasteiger partial charge is 0.339 e. The summed E-state index contributed by atoms with van der Waals surface area (Å²) in [5.41, 5.74) is -0.381. The minimum atomic E-state index is -4.43. The van der Waals surface area contributed by atoms with Crippen molar-refractivity contribution in [1.82, 2.24) is 14.4 Å². The molecule has 0 aliphatic carbocycles. The Bertz CT molecular complexity index is 1150. The first-order valence-electron chi connectivity index (χ1n) is 9.41. The molecular weight excluding hydrogens is 438 g/mol. The molecule has 2 heterocycles. The van der Waals surface area contributed by atoms with Gasteiger partial charge in [0.1, 0.15) is 5.82 Å². The second-order valence-electron chi connectivity index (χ2n) is 7.16. The van der Waals surface area contributed by atoms with E-state index in [2.05, 4.69) is 10.1 Å². The van der Waals surface area contributed by atoms with Crippen LogP contribution < -0.4 is 0 Å². The molecule has 0 unspecified atom stereocenters. The lowest BCUT2D eigenvalue weighted by Gasteiger charge is -2.29. The van der Waals surface area contributed by atoms with Gasteiger partial charge in [-0.2, -0.15) is 22.5 Å². The second kappa shape index (κ2) is 8.04. The molecule has 4 rings (SSSR count). The minimum Gasteiger partial charge on any atom is -0.339 e. The molecule has 0 atom stereocenters. The van der Waals surface area contributed by atoms with Crippen LogP contribution in [0.1, 0.15) is 30.2 Å². The van der Waals surface area contributed by atoms with Gasteiger partial charge in [-0.3, -0.25) is 0 Å². The number of benzene rings is 2. The largest absolute Gasteiger partial charge is 0.416 e. The van der Waals surface area contributed by atoms with Crippen molar-refractivity contribution >= 4 is 10.0 Å². The third-order valence-electron chi connectivity index (χ3n) is 5.17. The Kier molecular flexibility index (Phi) is 5.56. The van der Waals surface area contributed by atoms with Gasteiger partial charge in [-0.1, -0.05) is 17.3 Å². The van der Waals surface area contributed by atoms with E-state index < -0.39 is 27.6 Å². The molecule has 1 aliphatic heterocycles. The fraction of sp³-hybridized carbons (Fsp3) is 0.300. The number of aromatic nitrogens is 2. The van der Waals surface area contributed by atoms with Crippen molar-refractivity contribution in [2.24, 2.45) is 0 Å². The van der Waals surface area contributed by atoms with Crippen molar-refractivity contribution in [2.75, 3.05) is 13.1 Å².